The van der Waals surface area contributed by atoms with Gasteiger partial charge in [0.05, 0.1) is 22.8 Å². The number of para-hydroxylation sites is 2. The molecule has 0 amide bonds. The topological polar surface area (TPSA) is 58.0 Å². The quantitative estimate of drug-likeness (QED) is 0.795. The zero-order valence-electron chi connectivity index (χ0n) is 10.8. The first-order valence-corrected chi connectivity index (χ1v) is 6.32. The van der Waals surface area contributed by atoms with E-state index in [9.17, 15) is 5.11 Å². The molecule has 2 N–H and O–H groups in total. The number of hydrogen-bond acceptors (Lipinski definition) is 4. The van der Waals surface area contributed by atoms with Crippen LogP contribution in [0.15, 0.2) is 24.3 Å². The molecular formula is C14H19N3O. The van der Waals surface area contributed by atoms with E-state index in [0.717, 1.165) is 41.9 Å². The van der Waals surface area contributed by atoms with Crippen LogP contribution in [0, 0.1) is 6.92 Å². The predicted molar refractivity (Wildman–Crippen MR) is 73.7 cm³/mol. The van der Waals surface area contributed by atoms with Crippen LogP contribution in [0.1, 0.15) is 25.5 Å². The Bertz CT molecular complexity index is 525. The molecule has 0 fully saturated rings. The fourth-order valence-corrected chi connectivity index (χ4v) is 1.86. The SMILES string of the molecule is Cc1nc2ccccc2nc1NCCCC(C)O. The van der Waals surface area contributed by atoms with Crippen LogP contribution in [0.2, 0.25) is 0 Å². The molecule has 0 saturated carbocycles. The van der Waals surface area contributed by atoms with Crippen LogP contribution >= 0.6 is 0 Å². The minimum atomic E-state index is -0.240. The van der Waals surface area contributed by atoms with Crippen molar-refractivity contribution < 1.29 is 5.11 Å². The van der Waals surface area contributed by atoms with Crippen molar-refractivity contribution in [1.82, 2.24) is 9.97 Å². The zero-order valence-corrected chi connectivity index (χ0v) is 10.8. The van der Waals surface area contributed by atoms with Crippen LogP contribution in [0.5, 0.6) is 0 Å². The maximum Gasteiger partial charge on any atom is 0.148 e. The normalized spacial score (nSPS) is 12.6. The number of nitrogens with one attached hydrogen (secondary N) is 1. The highest BCUT2D eigenvalue weighted by molar-refractivity contribution is 5.76. The molecule has 4 nitrogen and oxygen atoms in total. The summed E-state index contributed by atoms with van der Waals surface area (Å²) in [6.45, 7) is 4.57. The zero-order chi connectivity index (χ0) is 13.0. The highest BCUT2D eigenvalue weighted by atomic mass is 16.3. The van der Waals surface area contributed by atoms with Crippen LogP contribution in [-0.4, -0.2) is 27.7 Å². The second-order valence-corrected chi connectivity index (χ2v) is 4.56. The molecule has 0 bridgehead atoms. The number of rotatable bonds is 5. The third kappa shape index (κ3) is 3.17. The fourth-order valence-electron chi connectivity index (χ4n) is 1.86. The van der Waals surface area contributed by atoms with Crippen LogP contribution in [0.25, 0.3) is 11.0 Å². The van der Waals surface area contributed by atoms with Crippen LogP contribution in [0.4, 0.5) is 5.82 Å². The number of aryl methyl sites for hydroxylation is 1. The first kappa shape index (κ1) is 12.8. The summed E-state index contributed by atoms with van der Waals surface area (Å²) < 4.78 is 0. The monoisotopic (exact) mass is 245 g/mol. The van der Waals surface area contributed by atoms with Crippen molar-refractivity contribution in [1.29, 1.82) is 0 Å². The number of fused-ring (bicyclic) bond motifs is 1. The van der Waals surface area contributed by atoms with Gasteiger partial charge in [-0.2, -0.15) is 0 Å². The van der Waals surface area contributed by atoms with Gasteiger partial charge in [0.1, 0.15) is 5.82 Å². The van der Waals surface area contributed by atoms with Gasteiger partial charge in [0.25, 0.3) is 0 Å². The van der Waals surface area contributed by atoms with E-state index in [1.807, 2.05) is 31.2 Å². The lowest BCUT2D eigenvalue weighted by Gasteiger charge is -2.09. The second-order valence-electron chi connectivity index (χ2n) is 4.56. The van der Waals surface area contributed by atoms with Gasteiger partial charge in [-0.25, -0.2) is 9.97 Å². The Balaban J connectivity index is 2.06. The average Bonchev–Trinajstić information content (AvgIpc) is 2.34. The van der Waals surface area contributed by atoms with Gasteiger partial charge >= 0.3 is 0 Å². The van der Waals surface area contributed by atoms with Crippen molar-refractivity contribution in [2.45, 2.75) is 32.8 Å². The molecule has 1 aromatic carbocycles. The van der Waals surface area contributed by atoms with Gasteiger partial charge in [0, 0.05) is 6.54 Å². The lowest BCUT2D eigenvalue weighted by molar-refractivity contribution is 0.183. The Kier molecular flexibility index (Phi) is 4.10. The maximum atomic E-state index is 9.19. The van der Waals surface area contributed by atoms with Crippen LogP contribution in [0.3, 0.4) is 0 Å². The van der Waals surface area contributed by atoms with Crippen molar-refractivity contribution in [3.63, 3.8) is 0 Å². The van der Waals surface area contributed by atoms with Gasteiger partial charge in [-0.05, 0) is 38.8 Å². The Morgan fingerprint density at radius 2 is 1.89 bits per heavy atom. The van der Waals surface area contributed by atoms with Crippen LogP contribution in [-0.2, 0) is 0 Å². The lowest BCUT2D eigenvalue weighted by Crippen LogP contribution is -2.09. The van der Waals surface area contributed by atoms with E-state index in [0.29, 0.717) is 0 Å². The van der Waals surface area contributed by atoms with Crippen molar-refractivity contribution in [2.75, 3.05) is 11.9 Å². The molecule has 0 radical (unpaired) electrons. The van der Waals surface area contributed by atoms with Gasteiger partial charge in [-0.15, -0.1) is 0 Å². The van der Waals surface area contributed by atoms with Crippen LogP contribution < -0.4 is 5.32 Å². The molecular weight excluding hydrogens is 226 g/mol. The van der Waals surface area contributed by atoms with Crippen molar-refractivity contribution in [3.05, 3.63) is 30.0 Å². The Hall–Kier alpha value is -1.68. The number of aliphatic hydroxyl groups is 1. The van der Waals surface area contributed by atoms with E-state index >= 15 is 0 Å². The minimum Gasteiger partial charge on any atom is -0.393 e. The first-order chi connectivity index (χ1) is 8.66. The second kappa shape index (κ2) is 5.78. The molecule has 0 aliphatic rings. The number of anilines is 1. The predicted octanol–water partition coefficient (Wildman–Crippen LogP) is 2.51. The first-order valence-electron chi connectivity index (χ1n) is 6.32. The van der Waals surface area contributed by atoms with E-state index in [1.165, 1.54) is 0 Å². The molecule has 18 heavy (non-hydrogen) atoms. The van der Waals surface area contributed by atoms with E-state index < -0.39 is 0 Å². The molecule has 1 atom stereocenters. The summed E-state index contributed by atoms with van der Waals surface area (Å²) in [6.07, 6.45) is 1.48. The van der Waals surface area contributed by atoms with Crippen molar-refractivity contribution in [3.8, 4) is 0 Å². The maximum absolute atomic E-state index is 9.19. The molecule has 0 spiro atoms. The van der Waals surface area contributed by atoms with Gasteiger partial charge in [-0.1, -0.05) is 12.1 Å². The fraction of sp³-hybridized carbons (Fsp3) is 0.429. The molecule has 2 aromatic rings. The highest BCUT2D eigenvalue weighted by Gasteiger charge is 2.04. The standard InChI is InChI=1S/C14H19N3O/c1-10(18)6-5-9-15-14-11(2)16-12-7-3-4-8-13(12)17-14/h3-4,7-8,10,18H,5-6,9H2,1-2H3,(H,15,17). The third-order valence-electron chi connectivity index (χ3n) is 2.84. The van der Waals surface area contributed by atoms with E-state index in [4.69, 9.17) is 0 Å². The highest BCUT2D eigenvalue weighted by Crippen LogP contribution is 2.15. The molecule has 4 heteroatoms. The summed E-state index contributed by atoms with van der Waals surface area (Å²) in [7, 11) is 0. The number of nitrogens with zero attached hydrogens (tertiary/aromatic N) is 2. The smallest absolute Gasteiger partial charge is 0.148 e. The molecule has 0 saturated heterocycles. The third-order valence-corrected chi connectivity index (χ3v) is 2.84. The minimum absolute atomic E-state index is 0.240. The van der Waals surface area contributed by atoms with Gasteiger partial charge < -0.3 is 10.4 Å². The number of hydrogen-bond donors (Lipinski definition) is 2. The summed E-state index contributed by atoms with van der Waals surface area (Å²) in [5.41, 5.74) is 2.73. The average molecular weight is 245 g/mol. The molecule has 96 valence electrons. The molecule has 1 unspecified atom stereocenters. The Morgan fingerprint density at radius 3 is 2.56 bits per heavy atom. The van der Waals surface area contributed by atoms with Gasteiger partial charge in [0.2, 0.25) is 0 Å². The summed E-state index contributed by atoms with van der Waals surface area (Å²) in [5, 5.41) is 12.5. The molecule has 1 aromatic heterocycles. The van der Waals surface area contributed by atoms with Gasteiger partial charge in [-0.3, -0.25) is 0 Å². The van der Waals surface area contributed by atoms with Crippen molar-refractivity contribution in [2.24, 2.45) is 0 Å². The van der Waals surface area contributed by atoms with E-state index in [2.05, 4.69) is 15.3 Å². The Morgan fingerprint density at radius 1 is 1.22 bits per heavy atom. The molecule has 2 rings (SSSR count). The van der Waals surface area contributed by atoms with Gasteiger partial charge in [0.15, 0.2) is 0 Å². The largest absolute Gasteiger partial charge is 0.393 e. The van der Waals surface area contributed by atoms with E-state index in [1.54, 1.807) is 6.92 Å². The lowest BCUT2D eigenvalue weighted by atomic mass is 10.2. The molecule has 0 aliphatic carbocycles. The molecule has 1 heterocycles. The summed E-state index contributed by atoms with van der Waals surface area (Å²) in [6, 6.07) is 7.85. The molecule has 0 aliphatic heterocycles. The number of aliphatic hydroxyl groups excluding tert-OH is 1. The Labute approximate surface area is 107 Å². The summed E-state index contributed by atoms with van der Waals surface area (Å²) >= 11 is 0. The number of benzene rings is 1. The van der Waals surface area contributed by atoms with Crippen molar-refractivity contribution >= 4 is 16.9 Å². The van der Waals surface area contributed by atoms with E-state index in [-0.39, 0.29) is 6.10 Å². The summed E-state index contributed by atoms with van der Waals surface area (Å²) in [5.74, 6) is 0.833. The summed E-state index contributed by atoms with van der Waals surface area (Å²) in [4.78, 5) is 9.07. The number of aromatic nitrogens is 2.